The maximum atomic E-state index is 2.35. The largest absolute Gasteiger partial charge is 0.0651 e. The van der Waals surface area contributed by atoms with Crippen LogP contribution in [0.15, 0.2) is 0 Å². The summed E-state index contributed by atoms with van der Waals surface area (Å²) in [5, 5.41) is 0. The van der Waals surface area contributed by atoms with E-state index in [0.717, 1.165) is 5.92 Å². The van der Waals surface area contributed by atoms with E-state index in [1.54, 1.807) is 25.7 Å². The lowest BCUT2D eigenvalue weighted by Crippen LogP contribution is -2.24. The fourth-order valence-electron chi connectivity index (χ4n) is 2.72. The molecule has 2 rings (SSSR count). The third-order valence-electron chi connectivity index (χ3n) is 3.51. The quantitative estimate of drug-likeness (QED) is 0.504. The van der Waals surface area contributed by atoms with Crippen LogP contribution < -0.4 is 0 Å². The number of fused-ring (bicyclic) bond motifs is 1. The highest BCUT2D eigenvalue weighted by molar-refractivity contribution is 4.91. The predicted octanol–water partition coefficient (Wildman–Crippen LogP) is 2.83. The standard InChI is InChI=1S/C9H16/c1-2-7-3-4-8-5-6-9(7)8/h7-9H,2-6H2,1H3. The molecule has 0 heterocycles. The minimum absolute atomic E-state index is 1.13. The van der Waals surface area contributed by atoms with Gasteiger partial charge in [0, 0.05) is 0 Å². The van der Waals surface area contributed by atoms with E-state index >= 15 is 0 Å². The van der Waals surface area contributed by atoms with Gasteiger partial charge >= 0.3 is 0 Å². The maximum Gasteiger partial charge on any atom is -0.0357 e. The minimum atomic E-state index is 1.13. The van der Waals surface area contributed by atoms with Gasteiger partial charge in [-0.05, 0) is 43.4 Å². The molecule has 0 bridgehead atoms. The highest BCUT2D eigenvalue weighted by Gasteiger charge is 2.40. The van der Waals surface area contributed by atoms with Crippen molar-refractivity contribution in [1.82, 2.24) is 0 Å². The average molecular weight is 124 g/mol. The Bertz CT molecular complexity index is 105. The van der Waals surface area contributed by atoms with Crippen LogP contribution in [-0.2, 0) is 0 Å². The summed E-state index contributed by atoms with van der Waals surface area (Å²) >= 11 is 0. The van der Waals surface area contributed by atoms with Crippen LogP contribution in [0.5, 0.6) is 0 Å². The van der Waals surface area contributed by atoms with Gasteiger partial charge in [-0.15, -0.1) is 0 Å². The van der Waals surface area contributed by atoms with E-state index in [4.69, 9.17) is 0 Å². The van der Waals surface area contributed by atoms with Gasteiger partial charge < -0.3 is 0 Å². The van der Waals surface area contributed by atoms with Gasteiger partial charge in [-0.3, -0.25) is 0 Å². The van der Waals surface area contributed by atoms with Gasteiger partial charge in [0.2, 0.25) is 0 Å². The normalized spacial score (nSPS) is 48.3. The van der Waals surface area contributed by atoms with Crippen molar-refractivity contribution in [2.24, 2.45) is 17.8 Å². The Kier molecular flexibility index (Phi) is 1.28. The zero-order chi connectivity index (χ0) is 6.27. The van der Waals surface area contributed by atoms with Crippen molar-refractivity contribution in [2.45, 2.75) is 39.0 Å². The number of hydrogen-bond acceptors (Lipinski definition) is 0. The molecule has 0 nitrogen and oxygen atoms in total. The van der Waals surface area contributed by atoms with Crippen LogP contribution in [0.3, 0.4) is 0 Å². The summed E-state index contributed by atoms with van der Waals surface area (Å²) in [6, 6.07) is 0. The summed E-state index contributed by atoms with van der Waals surface area (Å²) in [6.07, 6.45) is 7.67. The van der Waals surface area contributed by atoms with Crippen molar-refractivity contribution in [3.63, 3.8) is 0 Å². The van der Waals surface area contributed by atoms with Crippen LogP contribution >= 0.6 is 0 Å². The number of rotatable bonds is 1. The minimum Gasteiger partial charge on any atom is -0.0651 e. The molecule has 9 heavy (non-hydrogen) atoms. The van der Waals surface area contributed by atoms with E-state index in [1.165, 1.54) is 18.3 Å². The topological polar surface area (TPSA) is 0 Å². The molecule has 0 heteroatoms. The smallest absolute Gasteiger partial charge is 0.0357 e. The molecule has 0 amide bonds. The molecule has 52 valence electrons. The molecular weight excluding hydrogens is 108 g/mol. The van der Waals surface area contributed by atoms with E-state index < -0.39 is 0 Å². The Balaban J connectivity index is 1.97. The van der Waals surface area contributed by atoms with Gasteiger partial charge in [0.15, 0.2) is 0 Å². The van der Waals surface area contributed by atoms with Gasteiger partial charge in [-0.25, -0.2) is 0 Å². The summed E-state index contributed by atoms with van der Waals surface area (Å²) in [7, 11) is 0. The van der Waals surface area contributed by atoms with Gasteiger partial charge in [0.25, 0.3) is 0 Å². The van der Waals surface area contributed by atoms with E-state index in [9.17, 15) is 0 Å². The SMILES string of the molecule is CCC1CCC2CCC12. The van der Waals surface area contributed by atoms with Crippen LogP contribution in [0, 0.1) is 17.8 Å². The predicted molar refractivity (Wildman–Crippen MR) is 39.2 cm³/mol. The summed E-state index contributed by atoms with van der Waals surface area (Å²) < 4.78 is 0. The number of hydrogen-bond donors (Lipinski definition) is 0. The first-order valence-electron chi connectivity index (χ1n) is 4.42. The van der Waals surface area contributed by atoms with Crippen molar-refractivity contribution in [2.75, 3.05) is 0 Å². The molecule has 2 aliphatic carbocycles. The van der Waals surface area contributed by atoms with Crippen molar-refractivity contribution >= 4 is 0 Å². The van der Waals surface area contributed by atoms with Crippen LogP contribution in [0.25, 0.3) is 0 Å². The summed E-state index contributed by atoms with van der Waals surface area (Å²) in [5.41, 5.74) is 0. The lowest BCUT2D eigenvalue weighted by atomic mass is 9.72. The monoisotopic (exact) mass is 124 g/mol. The van der Waals surface area contributed by atoms with E-state index in [1.807, 2.05) is 0 Å². The first kappa shape index (κ1) is 5.76. The summed E-state index contributed by atoms with van der Waals surface area (Å²) in [4.78, 5) is 0. The molecule has 0 radical (unpaired) electrons. The molecule has 2 aliphatic rings. The highest BCUT2D eigenvalue weighted by Crippen LogP contribution is 2.51. The third kappa shape index (κ3) is 0.720. The first-order valence-corrected chi connectivity index (χ1v) is 4.42. The Morgan fingerprint density at radius 1 is 1.11 bits per heavy atom. The molecule has 2 saturated carbocycles. The summed E-state index contributed by atoms with van der Waals surface area (Å²) in [6.45, 7) is 2.35. The lowest BCUT2D eigenvalue weighted by Gasteiger charge is -2.33. The Morgan fingerprint density at radius 3 is 2.22 bits per heavy atom. The van der Waals surface area contributed by atoms with Gasteiger partial charge in [0.05, 0.1) is 0 Å². The molecule has 3 atom stereocenters. The second kappa shape index (κ2) is 2.00. The van der Waals surface area contributed by atoms with Crippen molar-refractivity contribution in [3.8, 4) is 0 Å². The Labute approximate surface area is 57.6 Å². The molecule has 0 aliphatic heterocycles. The van der Waals surface area contributed by atoms with Gasteiger partial charge in [-0.2, -0.15) is 0 Å². The molecule has 0 saturated heterocycles. The molecule has 0 aromatic carbocycles. The van der Waals surface area contributed by atoms with Gasteiger partial charge in [0.1, 0.15) is 0 Å². The molecule has 2 fully saturated rings. The molecule has 0 N–H and O–H groups in total. The van der Waals surface area contributed by atoms with E-state index in [-0.39, 0.29) is 0 Å². The molecular formula is C9H16. The van der Waals surface area contributed by atoms with Crippen molar-refractivity contribution in [3.05, 3.63) is 0 Å². The van der Waals surface area contributed by atoms with E-state index in [2.05, 4.69) is 6.92 Å². The molecule has 0 aromatic heterocycles. The Morgan fingerprint density at radius 2 is 1.89 bits per heavy atom. The zero-order valence-corrected chi connectivity index (χ0v) is 6.27. The maximum absolute atomic E-state index is 2.35. The highest BCUT2D eigenvalue weighted by atomic mass is 14.5. The lowest BCUT2D eigenvalue weighted by molar-refractivity contribution is 0.169. The molecule has 3 unspecified atom stereocenters. The van der Waals surface area contributed by atoms with E-state index in [0.29, 0.717) is 0 Å². The van der Waals surface area contributed by atoms with Crippen molar-refractivity contribution < 1.29 is 0 Å². The average Bonchev–Trinajstić information content (AvgIpc) is 2.07. The molecule has 0 aromatic rings. The first-order chi connectivity index (χ1) is 4.42. The summed E-state index contributed by atoms with van der Waals surface area (Å²) in [5.74, 6) is 3.48. The second-order valence-corrected chi connectivity index (χ2v) is 3.75. The van der Waals surface area contributed by atoms with Crippen LogP contribution in [0.2, 0.25) is 0 Å². The fourth-order valence-corrected chi connectivity index (χ4v) is 2.72. The third-order valence-corrected chi connectivity index (χ3v) is 3.51. The van der Waals surface area contributed by atoms with Gasteiger partial charge in [-0.1, -0.05) is 13.3 Å². The Hall–Kier alpha value is 0. The molecule has 0 spiro atoms. The van der Waals surface area contributed by atoms with Crippen molar-refractivity contribution in [1.29, 1.82) is 0 Å². The zero-order valence-electron chi connectivity index (χ0n) is 6.27. The van der Waals surface area contributed by atoms with Crippen LogP contribution in [-0.4, -0.2) is 0 Å². The fraction of sp³-hybridized carbons (Fsp3) is 1.00. The van der Waals surface area contributed by atoms with Crippen LogP contribution in [0.4, 0.5) is 0 Å². The second-order valence-electron chi connectivity index (χ2n) is 3.75. The van der Waals surface area contributed by atoms with Crippen LogP contribution in [0.1, 0.15) is 39.0 Å².